The van der Waals surface area contributed by atoms with E-state index in [1.54, 1.807) is 13.8 Å². The Kier molecular flexibility index (Phi) is 11.1. The van der Waals surface area contributed by atoms with Crippen molar-refractivity contribution in [2.45, 2.75) is 56.5 Å². The summed E-state index contributed by atoms with van der Waals surface area (Å²) >= 11 is 0. The van der Waals surface area contributed by atoms with Gasteiger partial charge in [0.15, 0.2) is 0 Å². The molecule has 1 aliphatic heterocycles. The van der Waals surface area contributed by atoms with Crippen molar-refractivity contribution in [3.05, 3.63) is 65.7 Å². The molecule has 222 valence electrons. The lowest BCUT2D eigenvalue weighted by Gasteiger charge is -2.33. The lowest BCUT2D eigenvalue weighted by molar-refractivity contribution is -0.137. The average molecular weight is 586 g/mol. The SMILES string of the molecule is CC(C)CN(C[C@@H](O)[C@H](Cc1ccccc1)NC(=O)CN1CCO[C@@H](C)C1)S(=O)(=O)c1ccc(C(F)(F)F)cc1. The number of benzene rings is 2. The summed E-state index contributed by atoms with van der Waals surface area (Å²) in [5, 5.41) is 14.2. The van der Waals surface area contributed by atoms with Gasteiger partial charge < -0.3 is 15.2 Å². The van der Waals surface area contributed by atoms with Gasteiger partial charge in [0.2, 0.25) is 15.9 Å². The molecule has 0 bridgehead atoms. The standard InChI is InChI=1S/C28H38F3N3O5S/c1-20(2)16-34(40(37,38)24-11-9-23(10-12-24)28(29,30)31)18-26(35)25(15-22-7-5-4-6-8-22)32-27(36)19-33-13-14-39-21(3)17-33/h4-12,20-21,25-26,35H,13-19H2,1-3H3,(H,32,36)/t21-,25-,26+/m0/s1. The molecule has 1 saturated heterocycles. The summed E-state index contributed by atoms with van der Waals surface area (Å²) in [5.41, 5.74) is -0.116. The topological polar surface area (TPSA) is 99.2 Å². The van der Waals surface area contributed by atoms with Gasteiger partial charge in [0.05, 0.1) is 41.9 Å². The lowest BCUT2D eigenvalue weighted by atomic mass is 10.0. The predicted octanol–water partition coefficient (Wildman–Crippen LogP) is 3.16. The molecule has 0 saturated carbocycles. The molecule has 2 N–H and O–H groups in total. The normalized spacial score (nSPS) is 18.6. The predicted molar refractivity (Wildman–Crippen MR) is 145 cm³/mol. The molecule has 2 aromatic rings. The summed E-state index contributed by atoms with van der Waals surface area (Å²) in [6, 6.07) is 11.7. The van der Waals surface area contributed by atoms with Gasteiger partial charge in [0, 0.05) is 26.2 Å². The van der Waals surface area contributed by atoms with E-state index in [0.717, 1.165) is 34.1 Å². The van der Waals surface area contributed by atoms with Crippen LogP contribution in [0.4, 0.5) is 13.2 Å². The van der Waals surface area contributed by atoms with Gasteiger partial charge in [-0.15, -0.1) is 0 Å². The van der Waals surface area contributed by atoms with Gasteiger partial charge >= 0.3 is 6.18 Å². The van der Waals surface area contributed by atoms with E-state index in [2.05, 4.69) is 5.32 Å². The second-order valence-corrected chi connectivity index (χ2v) is 12.5. The van der Waals surface area contributed by atoms with E-state index in [9.17, 15) is 31.5 Å². The van der Waals surface area contributed by atoms with E-state index >= 15 is 0 Å². The van der Waals surface area contributed by atoms with E-state index in [1.165, 1.54) is 0 Å². The van der Waals surface area contributed by atoms with Crippen molar-refractivity contribution in [3.63, 3.8) is 0 Å². The molecule has 0 aromatic heterocycles. The highest BCUT2D eigenvalue weighted by Gasteiger charge is 2.34. The smallest absolute Gasteiger partial charge is 0.390 e. The zero-order valence-electron chi connectivity index (χ0n) is 23.0. The Morgan fingerprint density at radius 3 is 2.35 bits per heavy atom. The molecule has 8 nitrogen and oxygen atoms in total. The zero-order chi connectivity index (χ0) is 29.5. The molecule has 3 atom stereocenters. The van der Waals surface area contributed by atoms with E-state index in [-0.39, 0.29) is 48.9 Å². The van der Waals surface area contributed by atoms with Crippen LogP contribution in [-0.4, -0.2) is 86.2 Å². The largest absolute Gasteiger partial charge is 0.416 e. The molecule has 2 aromatic carbocycles. The molecule has 1 aliphatic rings. The van der Waals surface area contributed by atoms with Crippen LogP contribution in [0.1, 0.15) is 31.9 Å². The van der Waals surface area contributed by atoms with Gasteiger partial charge in [-0.2, -0.15) is 17.5 Å². The Balaban J connectivity index is 1.81. The number of aliphatic hydroxyl groups is 1. The molecular formula is C28H38F3N3O5S. The summed E-state index contributed by atoms with van der Waals surface area (Å²) in [6.45, 7) is 6.99. The van der Waals surface area contributed by atoms with Crippen LogP contribution < -0.4 is 5.32 Å². The van der Waals surface area contributed by atoms with Gasteiger partial charge in [-0.25, -0.2) is 8.42 Å². The van der Waals surface area contributed by atoms with Gasteiger partial charge in [-0.1, -0.05) is 44.2 Å². The van der Waals surface area contributed by atoms with Crippen LogP contribution in [0, 0.1) is 5.92 Å². The van der Waals surface area contributed by atoms with E-state index in [1.807, 2.05) is 42.2 Å². The molecule has 3 rings (SSSR count). The zero-order valence-corrected chi connectivity index (χ0v) is 23.8. The number of nitrogens with zero attached hydrogens (tertiary/aromatic N) is 2. The summed E-state index contributed by atoms with van der Waals surface area (Å²) in [6.07, 6.45) is -5.65. The molecule has 0 unspecified atom stereocenters. The highest BCUT2D eigenvalue weighted by Crippen LogP contribution is 2.30. The van der Waals surface area contributed by atoms with Crippen molar-refractivity contribution in [3.8, 4) is 0 Å². The number of carbonyl (C=O) groups is 1. The summed E-state index contributed by atoms with van der Waals surface area (Å²) in [4.78, 5) is 14.6. The second-order valence-electron chi connectivity index (χ2n) is 10.6. The van der Waals surface area contributed by atoms with E-state index < -0.39 is 33.9 Å². The van der Waals surface area contributed by atoms with Crippen LogP contribution in [0.2, 0.25) is 0 Å². The molecule has 1 heterocycles. The number of rotatable bonds is 12. The van der Waals surface area contributed by atoms with Crippen molar-refractivity contribution < 1.29 is 36.2 Å². The molecule has 0 radical (unpaired) electrons. The first kappa shape index (κ1) is 32.0. The highest BCUT2D eigenvalue weighted by atomic mass is 32.2. The van der Waals surface area contributed by atoms with Crippen molar-refractivity contribution >= 4 is 15.9 Å². The van der Waals surface area contributed by atoms with Crippen LogP contribution >= 0.6 is 0 Å². The fourth-order valence-corrected chi connectivity index (χ4v) is 6.24. The molecule has 1 amide bonds. The lowest BCUT2D eigenvalue weighted by Crippen LogP contribution is -2.53. The van der Waals surface area contributed by atoms with E-state index in [0.29, 0.717) is 19.7 Å². The van der Waals surface area contributed by atoms with Crippen LogP contribution in [-0.2, 0) is 32.2 Å². The molecule has 0 aliphatic carbocycles. The third-order valence-electron chi connectivity index (χ3n) is 6.58. The molecule has 1 fully saturated rings. The fraction of sp³-hybridized carbons (Fsp3) is 0.536. The minimum atomic E-state index is -4.60. The fourth-order valence-electron chi connectivity index (χ4n) is 4.62. The van der Waals surface area contributed by atoms with Crippen molar-refractivity contribution in [2.24, 2.45) is 5.92 Å². The first-order valence-corrected chi connectivity index (χ1v) is 14.7. The number of halogens is 3. The summed E-state index contributed by atoms with van der Waals surface area (Å²) in [5.74, 6) is -0.447. The third kappa shape index (κ3) is 9.27. The quantitative estimate of drug-likeness (QED) is 0.397. The Morgan fingerprint density at radius 2 is 1.77 bits per heavy atom. The number of ether oxygens (including phenoxy) is 1. The van der Waals surface area contributed by atoms with Gasteiger partial charge in [-0.3, -0.25) is 9.69 Å². The second kappa shape index (κ2) is 13.9. The Morgan fingerprint density at radius 1 is 1.12 bits per heavy atom. The Labute approximate surface area is 234 Å². The Bertz CT molecular complexity index is 1190. The van der Waals surface area contributed by atoms with Gasteiger partial charge in [0.25, 0.3) is 0 Å². The maximum Gasteiger partial charge on any atom is 0.416 e. The first-order chi connectivity index (χ1) is 18.8. The number of morpholine rings is 1. The minimum absolute atomic E-state index is 0.00717. The van der Waals surface area contributed by atoms with Crippen molar-refractivity contribution in [1.82, 2.24) is 14.5 Å². The van der Waals surface area contributed by atoms with Crippen LogP contribution in [0.5, 0.6) is 0 Å². The number of hydrogen-bond acceptors (Lipinski definition) is 6. The molecule has 40 heavy (non-hydrogen) atoms. The monoisotopic (exact) mass is 585 g/mol. The number of amides is 1. The van der Waals surface area contributed by atoms with Crippen LogP contribution in [0.3, 0.4) is 0 Å². The molecular weight excluding hydrogens is 547 g/mol. The number of alkyl halides is 3. The number of carbonyl (C=O) groups excluding carboxylic acids is 1. The molecule has 0 spiro atoms. The van der Waals surface area contributed by atoms with Gasteiger partial charge in [-0.05, 0) is 49.1 Å². The van der Waals surface area contributed by atoms with Crippen molar-refractivity contribution in [1.29, 1.82) is 0 Å². The maximum absolute atomic E-state index is 13.5. The van der Waals surface area contributed by atoms with Gasteiger partial charge in [0.1, 0.15) is 0 Å². The summed E-state index contributed by atoms with van der Waals surface area (Å²) in [7, 11) is -4.25. The number of sulfonamides is 1. The number of nitrogens with one attached hydrogen (secondary N) is 1. The third-order valence-corrected chi connectivity index (χ3v) is 8.43. The van der Waals surface area contributed by atoms with Crippen LogP contribution in [0.15, 0.2) is 59.5 Å². The number of aliphatic hydroxyl groups excluding tert-OH is 1. The van der Waals surface area contributed by atoms with Crippen molar-refractivity contribution in [2.75, 3.05) is 39.3 Å². The minimum Gasteiger partial charge on any atom is -0.390 e. The van der Waals surface area contributed by atoms with Crippen LogP contribution in [0.25, 0.3) is 0 Å². The Hall–Kier alpha value is -2.51. The first-order valence-electron chi connectivity index (χ1n) is 13.3. The molecule has 12 heteroatoms. The summed E-state index contributed by atoms with van der Waals surface area (Å²) < 4.78 is 72.6. The average Bonchev–Trinajstić information content (AvgIpc) is 2.87. The maximum atomic E-state index is 13.5. The highest BCUT2D eigenvalue weighted by molar-refractivity contribution is 7.89. The van der Waals surface area contributed by atoms with E-state index in [4.69, 9.17) is 4.74 Å². The number of hydrogen-bond donors (Lipinski definition) is 2.